The summed E-state index contributed by atoms with van der Waals surface area (Å²) in [6.45, 7) is 6.35. The van der Waals surface area contributed by atoms with E-state index in [4.69, 9.17) is 23.9 Å². The van der Waals surface area contributed by atoms with Crippen LogP contribution in [0, 0.1) is 12.8 Å². The average molecular weight is 457 g/mol. The van der Waals surface area contributed by atoms with Crippen molar-refractivity contribution >= 4 is 5.97 Å². The summed E-state index contributed by atoms with van der Waals surface area (Å²) in [5, 5.41) is 11.0. The number of aryl methyl sites for hydroxylation is 1. The first-order valence-electron chi connectivity index (χ1n) is 10.3. The minimum atomic E-state index is -5.08. The summed E-state index contributed by atoms with van der Waals surface area (Å²) in [6, 6.07) is 10.3. The summed E-state index contributed by atoms with van der Waals surface area (Å²) in [7, 11) is 0. The van der Waals surface area contributed by atoms with Gasteiger partial charge in [0.15, 0.2) is 5.82 Å². The molecule has 1 aromatic heterocycles. The number of halogens is 3. The number of alkyl halides is 3. The fraction of sp³-hybridized carbons (Fsp3) is 0.571. The van der Waals surface area contributed by atoms with Crippen molar-refractivity contribution in [2.24, 2.45) is 5.92 Å². The predicted molar refractivity (Wildman–Crippen MR) is 106 cm³/mol. The first-order valence-corrected chi connectivity index (χ1v) is 10.3. The SMILES string of the molecule is Cc1noc(C[C@H]2C[C@H]3CN(CCOCc4ccccc4)C[C@H]3O2)n1.O=C(O)C(F)(F)F. The Balaban J connectivity index is 0.000000360. The molecule has 2 fully saturated rings. The lowest BCUT2D eigenvalue weighted by Gasteiger charge is -2.18. The first kappa shape index (κ1) is 24.1. The average Bonchev–Trinajstić information content (AvgIpc) is 3.41. The number of carboxylic acid groups (broad SMARTS) is 1. The molecule has 2 aliphatic rings. The Labute approximate surface area is 183 Å². The Morgan fingerprint density at radius 2 is 2.00 bits per heavy atom. The van der Waals surface area contributed by atoms with Gasteiger partial charge in [-0.1, -0.05) is 35.5 Å². The van der Waals surface area contributed by atoms with E-state index in [-0.39, 0.29) is 6.10 Å². The highest BCUT2D eigenvalue weighted by Gasteiger charge is 2.42. The second-order valence-electron chi connectivity index (χ2n) is 7.83. The zero-order valence-corrected chi connectivity index (χ0v) is 17.6. The van der Waals surface area contributed by atoms with Gasteiger partial charge in [0.25, 0.3) is 0 Å². The molecule has 0 amide bonds. The maximum Gasteiger partial charge on any atom is 0.490 e. The van der Waals surface area contributed by atoms with Crippen molar-refractivity contribution in [3.05, 3.63) is 47.6 Å². The number of nitrogens with zero attached hydrogens (tertiary/aromatic N) is 3. The summed E-state index contributed by atoms with van der Waals surface area (Å²) in [4.78, 5) is 15.6. The highest BCUT2D eigenvalue weighted by atomic mass is 19.4. The van der Waals surface area contributed by atoms with E-state index in [1.165, 1.54) is 5.56 Å². The fourth-order valence-electron chi connectivity index (χ4n) is 3.84. The maximum absolute atomic E-state index is 10.6. The van der Waals surface area contributed by atoms with Crippen LogP contribution in [0.3, 0.4) is 0 Å². The van der Waals surface area contributed by atoms with Crippen molar-refractivity contribution in [3.8, 4) is 0 Å². The number of benzene rings is 1. The molecule has 1 aromatic carbocycles. The summed E-state index contributed by atoms with van der Waals surface area (Å²) in [5.74, 6) is -0.765. The lowest BCUT2D eigenvalue weighted by Crippen LogP contribution is -2.28. The molecule has 0 bridgehead atoms. The van der Waals surface area contributed by atoms with Crippen LogP contribution < -0.4 is 0 Å². The van der Waals surface area contributed by atoms with E-state index in [2.05, 4.69) is 27.2 Å². The second-order valence-corrected chi connectivity index (χ2v) is 7.83. The van der Waals surface area contributed by atoms with E-state index < -0.39 is 12.1 Å². The number of aromatic nitrogens is 2. The van der Waals surface area contributed by atoms with E-state index in [0.717, 1.165) is 39.1 Å². The fourth-order valence-corrected chi connectivity index (χ4v) is 3.84. The van der Waals surface area contributed by atoms with E-state index >= 15 is 0 Å². The van der Waals surface area contributed by atoms with Crippen LogP contribution in [0.15, 0.2) is 34.9 Å². The van der Waals surface area contributed by atoms with Crippen LogP contribution in [0.5, 0.6) is 0 Å². The number of likely N-dealkylation sites (tertiary alicyclic amines) is 1. The summed E-state index contributed by atoms with van der Waals surface area (Å²) in [6.07, 6.45) is -2.73. The molecule has 0 unspecified atom stereocenters. The highest BCUT2D eigenvalue weighted by Crippen LogP contribution is 2.34. The lowest BCUT2D eigenvalue weighted by atomic mass is 10.0. The minimum absolute atomic E-state index is 0.214. The monoisotopic (exact) mass is 457 g/mol. The van der Waals surface area contributed by atoms with E-state index in [9.17, 15) is 13.2 Å². The van der Waals surface area contributed by atoms with Crippen LogP contribution >= 0.6 is 0 Å². The standard InChI is InChI=1S/C19H25N3O3.C2HF3O2/c1-14-20-19(25-21-14)10-17-9-16-11-22(12-18(16)24-17)7-8-23-13-15-5-3-2-4-6-15;3-2(4,5)1(6)7/h2-6,16-18H,7-13H2,1H3;(H,6,7)/t16-,17+,18+;/m0./s1. The minimum Gasteiger partial charge on any atom is -0.475 e. The van der Waals surface area contributed by atoms with Crippen LogP contribution in [-0.4, -0.2) is 70.7 Å². The van der Waals surface area contributed by atoms with Gasteiger partial charge in [0.05, 0.1) is 31.8 Å². The Morgan fingerprint density at radius 1 is 1.28 bits per heavy atom. The number of fused-ring (bicyclic) bond motifs is 1. The molecule has 8 nitrogen and oxygen atoms in total. The number of carbonyl (C=O) groups is 1. The number of rotatable bonds is 7. The highest BCUT2D eigenvalue weighted by molar-refractivity contribution is 5.73. The van der Waals surface area contributed by atoms with Gasteiger partial charge in [-0.15, -0.1) is 0 Å². The molecular weight excluding hydrogens is 431 g/mol. The number of hydrogen-bond acceptors (Lipinski definition) is 7. The third-order valence-electron chi connectivity index (χ3n) is 5.27. The van der Waals surface area contributed by atoms with Gasteiger partial charge in [0.1, 0.15) is 0 Å². The second kappa shape index (κ2) is 10.9. The molecule has 3 atom stereocenters. The number of carboxylic acids is 1. The zero-order valence-electron chi connectivity index (χ0n) is 17.6. The van der Waals surface area contributed by atoms with Gasteiger partial charge in [-0.05, 0) is 18.9 Å². The van der Waals surface area contributed by atoms with Crippen LogP contribution in [0.1, 0.15) is 23.7 Å². The van der Waals surface area contributed by atoms with Crippen molar-refractivity contribution in [1.82, 2.24) is 15.0 Å². The molecule has 1 N–H and O–H groups in total. The van der Waals surface area contributed by atoms with Crippen LogP contribution in [-0.2, 0) is 27.3 Å². The predicted octanol–water partition coefficient (Wildman–Crippen LogP) is 2.86. The van der Waals surface area contributed by atoms with Gasteiger partial charge in [-0.2, -0.15) is 18.2 Å². The molecule has 0 radical (unpaired) electrons. The maximum atomic E-state index is 10.6. The van der Waals surface area contributed by atoms with Crippen LogP contribution in [0.25, 0.3) is 0 Å². The quantitative estimate of drug-likeness (QED) is 0.634. The molecular formula is C21H26F3N3O5. The first-order chi connectivity index (χ1) is 15.2. The van der Waals surface area contributed by atoms with Gasteiger partial charge in [-0.3, -0.25) is 4.90 Å². The zero-order chi connectivity index (χ0) is 23.1. The van der Waals surface area contributed by atoms with Gasteiger partial charge >= 0.3 is 12.1 Å². The molecule has 2 aliphatic heterocycles. The lowest BCUT2D eigenvalue weighted by molar-refractivity contribution is -0.192. The smallest absolute Gasteiger partial charge is 0.475 e. The van der Waals surface area contributed by atoms with Crippen molar-refractivity contribution < 1.29 is 37.1 Å². The molecule has 0 spiro atoms. The third-order valence-corrected chi connectivity index (χ3v) is 5.27. The topological polar surface area (TPSA) is 97.9 Å². The van der Waals surface area contributed by atoms with Crippen molar-refractivity contribution in [2.45, 2.75) is 44.8 Å². The van der Waals surface area contributed by atoms with Gasteiger partial charge in [0, 0.05) is 25.6 Å². The molecule has 0 saturated carbocycles. The largest absolute Gasteiger partial charge is 0.490 e. The molecule has 32 heavy (non-hydrogen) atoms. The number of ether oxygens (including phenoxy) is 2. The number of aliphatic carboxylic acids is 1. The van der Waals surface area contributed by atoms with E-state index in [1.807, 2.05) is 25.1 Å². The Bertz CT molecular complexity index is 848. The molecule has 2 saturated heterocycles. The Morgan fingerprint density at radius 3 is 2.59 bits per heavy atom. The molecule has 4 rings (SSSR count). The Hall–Kier alpha value is -2.50. The van der Waals surface area contributed by atoms with Crippen molar-refractivity contribution in [1.29, 1.82) is 0 Å². The summed E-state index contributed by atoms with van der Waals surface area (Å²) < 4.78 is 48.9. The molecule has 3 heterocycles. The molecule has 176 valence electrons. The van der Waals surface area contributed by atoms with Gasteiger partial charge in [0.2, 0.25) is 5.89 Å². The van der Waals surface area contributed by atoms with E-state index in [0.29, 0.717) is 30.3 Å². The molecule has 11 heteroatoms. The molecule has 0 aliphatic carbocycles. The normalized spacial score (nSPS) is 22.9. The van der Waals surface area contributed by atoms with Crippen molar-refractivity contribution in [3.63, 3.8) is 0 Å². The Kier molecular flexibility index (Phi) is 8.21. The number of hydrogen-bond donors (Lipinski definition) is 1. The summed E-state index contributed by atoms with van der Waals surface area (Å²) in [5.41, 5.74) is 1.23. The van der Waals surface area contributed by atoms with Gasteiger partial charge < -0.3 is 19.1 Å². The van der Waals surface area contributed by atoms with E-state index in [1.54, 1.807) is 0 Å². The van der Waals surface area contributed by atoms with Crippen LogP contribution in [0.4, 0.5) is 13.2 Å². The summed E-state index contributed by atoms with van der Waals surface area (Å²) >= 11 is 0. The van der Waals surface area contributed by atoms with Gasteiger partial charge in [-0.25, -0.2) is 4.79 Å². The third kappa shape index (κ3) is 7.28. The van der Waals surface area contributed by atoms with Crippen molar-refractivity contribution in [2.75, 3.05) is 26.2 Å². The van der Waals surface area contributed by atoms with Crippen LogP contribution in [0.2, 0.25) is 0 Å². The molecule has 2 aromatic rings.